The Morgan fingerprint density at radius 2 is 2.00 bits per heavy atom. The highest BCUT2D eigenvalue weighted by molar-refractivity contribution is 9.10. The molecular weight excluding hydrogens is 321 g/mol. The molecule has 0 fully saturated rings. The summed E-state index contributed by atoms with van der Waals surface area (Å²) in [6.45, 7) is 1.81. The van der Waals surface area contributed by atoms with E-state index in [1.165, 1.54) is 14.2 Å². The summed E-state index contributed by atoms with van der Waals surface area (Å²) < 4.78 is 10.8. The number of benzene rings is 1. The lowest BCUT2D eigenvalue weighted by molar-refractivity contribution is -0.117. The number of ether oxygens (including phenoxy) is 2. The van der Waals surface area contributed by atoms with Gasteiger partial charge in [0.25, 0.3) is 5.91 Å². The maximum Gasteiger partial charge on any atom is 0.251 e. The van der Waals surface area contributed by atoms with E-state index in [1.807, 2.05) is 0 Å². The molecule has 0 aliphatic carbocycles. The first-order valence-corrected chi connectivity index (χ1v) is 6.48. The van der Waals surface area contributed by atoms with E-state index in [9.17, 15) is 4.79 Å². The monoisotopic (exact) mass is 335 g/mol. The SMILES string of the molecule is COC(OC)C(C)NC(=O)c1ccc(Cl)c(Br)c1. The lowest BCUT2D eigenvalue weighted by Gasteiger charge is -2.22. The number of carbonyl (C=O) groups is 1. The molecule has 100 valence electrons. The number of amides is 1. The van der Waals surface area contributed by atoms with Crippen LogP contribution in [0.25, 0.3) is 0 Å². The molecule has 0 saturated carbocycles. The zero-order valence-corrected chi connectivity index (χ0v) is 12.7. The molecule has 1 rings (SSSR count). The third-order valence-electron chi connectivity index (χ3n) is 2.41. The van der Waals surface area contributed by atoms with Crippen LogP contribution in [0.2, 0.25) is 5.02 Å². The summed E-state index contributed by atoms with van der Waals surface area (Å²) in [5.74, 6) is -0.209. The van der Waals surface area contributed by atoms with Gasteiger partial charge in [0, 0.05) is 24.3 Å². The molecule has 6 heteroatoms. The zero-order chi connectivity index (χ0) is 13.7. The second-order valence-corrected chi connectivity index (χ2v) is 4.99. The van der Waals surface area contributed by atoms with Crippen molar-refractivity contribution in [1.29, 1.82) is 0 Å². The van der Waals surface area contributed by atoms with E-state index in [-0.39, 0.29) is 11.9 Å². The molecule has 0 heterocycles. The van der Waals surface area contributed by atoms with Crippen LogP contribution in [-0.2, 0) is 9.47 Å². The molecule has 0 bridgehead atoms. The first kappa shape index (κ1) is 15.4. The van der Waals surface area contributed by atoms with Crippen molar-refractivity contribution >= 4 is 33.4 Å². The van der Waals surface area contributed by atoms with Gasteiger partial charge in [-0.1, -0.05) is 11.6 Å². The smallest absolute Gasteiger partial charge is 0.251 e. The topological polar surface area (TPSA) is 47.6 Å². The van der Waals surface area contributed by atoms with Crippen molar-refractivity contribution < 1.29 is 14.3 Å². The van der Waals surface area contributed by atoms with Crippen LogP contribution in [0.5, 0.6) is 0 Å². The molecule has 1 aromatic rings. The first-order chi connectivity index (χ1) is 8.49. The summed E-state index contributed by atoms with van der Waals surface area (Å²) >= 11 is 9.14. The predicted octanol–water partition coefficient (Wildman–Crippen LogP) is 2.84. The molecule has 4 nitrogen and oxygen atoms in total. The van der Waals surface area contributed by atoms with E-state index in [0.717, 1.165) is 0 Å². The highest BCUT2D eigenvalue weighted by Gasteiger charge is 2.19. The second-order valence-electron chi connectivity index (χ2n) is 3.73. The predicted molar refractivity (Wildman–Crippen MR) is 73.9 cm³/mol. The number of hydrogen-bond acceptors (Lipinski definition) is 3. The average Bonchev–Trinajstić information content (AvgIpc) is 2.34. The van der Waals surface area contributed by atoms with Gasteiger partial charge in [-0.2, -0.15) is 0 Å². The van der Waals surface area contributed by atoms with E-state index in [4.69, 9.17) is 21.1 Å². The van der Waals surface area contributed by atoms with Gasteiger partial charge in [-0.3, -0.25) is 4.79 Å². The summed E-state index contributed by atoms with van der Waals surface area (Å²) in [5, 5.41) is 3.35. The molecule has 0 aliphatic rings. The Morgan fingerprint density at radius 1 is 1.39 bits per heavy atom. The number of methoxy groups -OCH3 is 2. The highest BCUT2D eigenvalue weighted by Crippen LogP contribution is 2.23. The van der Waals surface area contributed by atoms with Crippen molar-refractivity contribution in [2.75, 3.05) is 14.2 Å². The van der Waals surface area contributed by atoms with Crippen molar-refractivity contribution in [1.82, 2.24) is 5.32 Å². The van der Waals surface area contributed by atoms with Crippen molar-refractivity contribution in [2.24, 2.45) is 0 Å². The molecule has 1 amide bonds. The molecule has 1 unspecified atom stereocenters. The van der Waals surface area contributed by atoms with Gasteiger partial charge in [-0.25, -0.2) is 0 Å². The molecular formula is C12H15BrClNO3. The van der Waals surface area contributed by atoms with E-state index in [1.54, 1.807) is 25.1 Å². The molecule has 18 heavy (non-hydrogen) atoms. The Morgan fingerprint density at radius 3 is 2.50 bits per heavy atom. The van der Waals surface area contributed by atoms with Gasteiger partial charge >= 0.3 is 0 Å². The Balaban J connectivity index is 2.73. The Bertz CT molecular complexity index is 424. The Labute approximate surface area is 120 Å². The van der Waals surface area contributed by atoms with E-state index < -0.39 is 6.29 Å². The lowest BCUT2D eigenvalue weighted by Crippen LogP contribution is -2.42. The van der Waals surface area contributed by atoms with Gasteiger partial charge in [-0.15, -0.1) is 0 Å². The number of hydrogen-bond donors (Lipinski definition) is 1. The van der Waals surface area contributed by atoms with Crippen LogP contribution in [-0.4, -0.2) is 32.5 Å². The van der Waals surface area contributed by atoms with Crippen molar-refractivity contribution in [2.45, 2.75) is 19.3 Å². The number of halogens is 2. The zero-order valence-electron chi connectivity index (χ0n) is 10.4. The van der Waals surface area contributed by atoms with Crippen LogP contribution in [0, 0.1) is 0 Å². The van der Waals surface area contributed by atoms with Gasteiger partial charge in [0.15, 0.2) is 6.29 Å². The molecule has 1 N–H and O–H groups in total. The quantitative estimate of drug-likeness (QED) is 0.841. The van der Waals surface area contributed by atoms with Crippen LogP contribution in [0.3, 0.4) is 0 Å². The second kappa shape index (κ2) is 7.09. The Kier molecular flexibility index (Phi) is 6.08. The average molecular weight is 337 g/mol. The fourth-order valence-electron chi connectivity index (χ4n) is 1.50. The third-order valence-corrected chi connectivity index (χ3v) is 3.63. The largest absolute Gasteiger partial charge is 0.354 e. The van der Waals surface area contributed by atoms with Gasteiger partial charge in [0.1, 0.15) is 0 Å². The lowest BCUT2D eigenvalue weighted by atomic mass is 10.2. The maximum atomic E-state index is 12.0. The fourth-order valence-corrected chi connectivity index (χ4v) is 2.00. The standard InChI is InChI=1S/C12H15BrClNO3/c1-7(12(17-2)18-3)15-11(16)8-4-5-10(14)9(13)6-8/h4-7,12H,1-3H3,(H,15,16). The summed E-state index contributed by atoms with van der Waals surface area (Å²) in [6, 6.07) is 4.72. The van der Waals surface area contributed by atoms with Crippen LogP contribution >= 0.6 is 27.5 Å². The number of nitrogens with one attached hydrogen (secondary N) is 1. The fraction of sp³-hybridized carbons (Fsp3) is 0.417. The molecule has 0 saturated heterocycles. The molecule has 0 aliphatic heterocycles. The minimum Gasteiger partial charge on any atom is -0.354 e. The minimum atomic E-state index is -0.482. The van der Waals surface area contributed by atoms with Crippen molar-refractivity contribution in [3.63, 3.8) is 0 Å². The molecule has 0 aromatic heterocycles. The van der Waals surface area contributed by atoms with E-state index >= 15 is 0 Å². The van der Waals surface area contributed by atoms with Gasteiger partial charge in [0.05, 0.1) is 11.1 Å². The number of rotatable bonds is 5. The van der Waals surface area contributed by atoms with Crippen LogP contribution < -0.4 is 5.32 Å². The van der Waals surface area contributed by atoms with Crippen molar-refractivity contribution in [3.8, 4) is 0 Å². The summed E-state index contributed by atoms with van der Waals surface area (Å²) in [4.78, 5) is 12.0. The van der Waals surface area contributed by atoms with Gasteiger partial charge in [-0.05, 0) is 41.1 Å². The van der Waals surface area contributed by atoms with Crippen LogP contribution in [0.1, 0.15) is 17.3 Å². The van der Waals surface area contributed by atoms with Gasteiger partial charge < -0.3 is 14.8 Å². The third kappa shape index (κ3) is 3.95. The summed E-state index contributed by atoms with van der Waals surface area (Å²) in [6.07, 6.45) is -0.482. The summed E-state index contributed by atoms with van der Waals surface area (Å²) in [7, 11) is 3.05. The van der Waals surface area contributed by atoms with Crippen LogP contribution in [0.4, 0.5) is 0 Å². The summed E-state index contributed by atoms with van der Waals surface area (Å²) in [5.41, 5.74) is 0.518. The highest BCUT2D eigenvalue weighted by atomic mass is 79.9. The minimum absolute atomic E-state index is 0.209. The van der Waals surface area contributed by atoms with E-state index in [0.29, 0.717) is 15.1 Å². The van der Waals surface area contributed by atoms with Gasteiger partial charge in [0.2, 0.25) is 0 Å². The molecule has 1 atom stereocenters. The molecule has 0 radical (unpaired) electrons. The normalized spacial score (nSPS) is 12.6. The first-order valence-electron chi connectivity index (χ1n) is 5.31. The molecule has 0 spiro atoms. The Hall–Kier alpha value is -0.620. The maximum absolute atomic E-state index is 12.0. The van der Waals surface area contributed by atoms with Crippen LogP contribution in [0.15, 0.2) is 22.7 Å². The van der Waals surface area contributed by atoms with Crippen molar-refractivity contribution in [3.05, 3.63) is 33.3 Å². The number of carbonyl (C=O) groups excluding carboxylic acids is 1. The molecule has 1 aromatic carbocycles. The van der Waals surface area contributed by atoms with E-state index in [2.05, 4.69) is 21.2 Å².